The largest absolute Gasteiger partial charge is 0.493 e. The molecular formula is C24H27ClN4O4S. The molecule has 5 rings (SSSR count). The first kappa shape index (κ1) is 23.1. The molecule has 2 aromatic rings. The molecule has 3 heterocycles. The minimum atomic E-state index is -0.511. The van der Waals surface area contributed by atoms with Crippen LogP contribution in [0.1, 0.15) is 17.5 Å². The first-order valence-corrected chi connectivity index (χ1v) is 12.7. The van der Waals surface area contributed by atoms with Gasteiger partial charge in [-0.1, -0.05) is 35.9 Å². The fourth-order valence-electron chi connectivity index (χ4n) is 4.86. The predicted octanol–water partition coefficient (Wildman–Crippen LogP) is 3.34. The van der Waals surface area contributed by atoms with Gasteiger partial charge in [0.15, 0.2) is 17.8 Å². The molecular weight excluding hydrogens is 476 g/mol. The Morgan fingerprint density at radius 3 is 2.68 bits per heavy atom. The Morgan fingerprint density at radius 2 is 1.91 bits per heavy atom. The van der Waals surface area contributed by atoms with Gasteiger partial charge in [0, 0.05) is 11.6 Å². The van der Waals surface area contributed by atoms with Crippen LogP contribution in [0, 0.1) is 0 Å². The lowest BCUT2D eigenvalue weighted by Gasteiger charge is -2.44. The van der Waals surface area contributed by atoms with E-state index in [0.717, 1.165) is 23.3 Å². The fraction of sp³-hybridized carbons (Fsp3) is 0.417. The summed E-state index contributed by atoms with van der Waals surface area (Å²) in [6, 6.07) is 13.0. The Labute approximate surface area is 208 Å². The second-order valence-electron chi connectivity index (χ2n) is 8.49. The number of methoxy groups -OCH3 is 2. The summed E-state index contributed by atoms with van der Waals surface area (Å²) in [6.45, 7) is 0.799. The lowest BCUT2D eigenvalue weighted by molar-refractivity contribution is -0.144. The van der Waals surface area contributed by atoms with Crippen LogP contribution in [-0.2, 0) is 17.8 Å². The van der Waals surface area contributed by atoms with E-state index in [9.17, 15) is 9.59 Å². The zero-order valence-electron chi connectivity index (χ0n) is 19.1. The molecule has 1 N–H and O–H groups in total. The number of thioether (sulfide) groups is 1. The van der Waals surface area contributed by atoms with Crippen LogP contribution in [-0.4, -0.2) is 70.8 Å². The predicted molar refractivity (Wildman–Crippen MR) is 131 cm³/mol. The van der Waals surface area contributed by atoms with Crippen molar-refractivity contribution in [2.45, 2.75) is 37.0 Å². The summed E-state index contributed by atoms with van der Waals surface area (Å²) >= 11 is 7.98. The maximum atomic E-state index is 13.5. The monoisotopic (exact) mass is 502 g/mol. The third-order valence-electron chi connectivity index (χ3n) is 6.60. The van der Waals surface area contributed by atoms with Crippen molar-refractivity contribution in [1.29, 1.82) is 0 Å². The van der Waals surface area contributed by atoms with E-state index in [-0.39, 0.29) is 23.2 Å². The lowest BCUT2D eigenvalue weighted by Crippen LogP contribution is -2.66. The molecule has 10 heteroatoms. The van der Waals surface area contributed by atoms with Gasteiger partial charge in [-0.25, -0.2) is 4.79 Å². The van der Waals surface area contributed by atoms with Crippen molar-refractivity contribution < 1.29 is 19.1 Å². The third-order valence-corrected chi connectivity index (χ3v) is 8.32. The first-order valence-electron chi connectivity index (χ1n) is 11.2. The van der Waals surface area contributed by atoms with E-state index in [2.05, 4.69) is 5.43 Å². The number of amides is 3. The highest BCUT2D eigenvalue weighted by molar-refractivity contribution is 8.00. The number of halogens is 1. The van der Waals surface area contributed by atoms with Crippen LogP contribution in [0.4, 0.5) is 4.79 Å². The Hall–Kier alpha value is -2.62. The number of hydrazine groups is 1. The minimum Gasteiger partial charge on any atom is -0.493 e. The summed E-state index contributed by atoms with van der Waals surface area (Å²) in [5, 5.41) is 1.96. The van der Waals surface area contributed by atoms with Crippen molar-refractivity contribution in [3.63, 3.8) is 0 Å². The standard InChI is InChI=1S/C24H27ClN4O4S/c1-32-19-8-7-15(13-20(19)33-2)9-11-27-22(30)21-18(10-12-34-21)29-23(27)26-28(24(29)31)14-16-5-3-4-6-17(16)25/h3-8,13,18,21,23,26H,9-12,14H2,1-2H3. The molecule has 2 aromatic carbocycles. The molecule has 3 aliphatic heterocycles. The summed E-state index contributed by atoms with van der Waals surface area (Å²) in [5.74, 6) is 2.26. The molecule has 0 saturated carbocycles. The molecule has 8 nitrogen and oxygen atoms in total. The van der Waals surface area contributed by atoms with E-state index < -0.39 is 6.29 Å². The van der Waals surface area contributed by atoms with Gasteiger partial charge >= 0.3 is 6.03 Å². The van der Waals surface area contributed by atoms with Gasteiger partial charge in [0.2, 0.25) is 5.91 Å². The summed E-state index contributed by atoms with van der Waals surface area (Å²) in [6.07, 6.45) is 0.926. The maximum absolute atomic E-state index is 13.5. The Morgan fingerprint density at radius 1 is 1.12 bits per heavy atom. The number of nitrogens with one attached hydrogen (secondary N) is 1. The van der Waals surface area contributed by atoms with E-state index in [1.54, 1.807) is 35.9 Å². The second kappa shape index (κ2) is 9.56. The highest BCUT2D eigenvalue weighted by atomic mass is 35.5. The summed E-state index contributed by atoms with van der Waals surface area (Å²) < 4.78 is 10.7. The molecule has 0 bridgehead atoms. The highest BCUT2D eigenvalue weighted by Crippen LogP contribution is 2.40. The second-order valence-corrected chi connectivity index (χ2v) is 10.1. The molecule has 3 saturated heterocycles. The van der Waals surface area contributed by atoms with Gasteiger partial charge in [0.05, 0.1) is 26.8 Å². The molecule has 3 amide bonds. The maximum Gasteiger partial charge on any atom is 0.337 e. The molecule has 0 radical (unpaired) electrons. The number of nitrogens with zero attached hydrogens (tertiary/aromatic N) is 3. The van der Waals surface area contributed by atoms with Crippen molar-refractivity contribution in [2.24, 2.45) is 0 Å². The van der Waals surface area contributed by atoms with Crippen molar-refractivity contribution in [3.05, 3.63) is 58.6 Å². The number of carbonyl (C=O) groups is 2. The average Bonchev–Trinajstić information content (AvgIpc) is 3.45. The molecule has 3 unspecified atom stereocenters. The number of carbonyl (C=O) groups excluding carboxylic acids is 2. The summed E-state index contributed by atoms with van der Waals surface area (Å²) in [4.78, 5) is 30.5. The molecule has 180 valence electrons. The molecule has 34 heavy (non-hydrogen) atoms. The van der Waals surface area contributed by atoms with Crippen LogP contribution in [0.15, 0.2) is 42.5 Å². The van der Waals surface area contributed by atoms with E-state index in [1.165, 1.54) is 0 Å². The van der Waals surface area contributed by atoms with Gasteiger partial charge in [-0.15, -0.1) is 11.8 Å². The SMILES string of the molecule is COc1ccc(CCN2C(=O)C3SCCC3N3C(=O)N(Cc4ccccc4Cl)NC23)cc1OC. The van der Waals surface area contributed by atoms with Crippen LogP contribution in [0.5, 0.6) is 11.5 Å². The molecule has 0 spiro atoms. The minimum absolute atomic E-state index is 0.0779. The average molecular weight is 503 g/mol. The quantitative estimate of drug-likeness (QED) is 0.626. The summed E-state index contributed by atoms with van der Waals surface area (Å²) in [5.41, 5.74) is 5.17. The van der Waals surface area contributed by atoms with Crippen LogP contribution in [0.3, 0.4) is 0 Å². The fourth-order valence-corrected chi connectivity index (χ4v) is 6.45. The van der Waals surface area contributed by atoms with Crippen molar-refractivity contribution in [3.8, 4) is 11.5 Å². The Balaban J connectivity index is 1.37. The zero-order chi connectivity index (χ0) is 23.8. The van der Waals surface area contributed by atoms with E-state index in [1.807, 2.05) is 47.4 Å². The number of benzene rings is 2. The van der Waals surface area contributed by atoms with E-state index >= 15 is 0 Å². The highest BCUT2D eigenvalue weighted by Gasteiger charge is 2.55. The normalized spacial score (nSPS) is 23.9. The van der Waals surface area contributed by atoms with E-state index in [0.29, 0.717) is 36.0 Å². The van der Waals surface area contributed by atoms with Gasteiger partial charge in [-0.3, -0.25) is 14.7 Å². The molecule has 0 aromatic heterocycles. The van der Waals surface area contributed by atoms with Gasteiger partial charge in [0.25, 0.3) is 0 Å². The Bertz CT molecular complexity index is 1100. The molecule has 0 aliphatic carbocycles. The molecule has 3 atom stereocenters. The third kappa shape index (κ3) is 4.06. The van der Waals surface area contributed by atoms with Gasteiger partial charge in [-0.2, -0.15) is 5.43 Å². The number of hydrogen-bond acceptors (Lipinski definition) is 6. The zero-order valence-corrected chi connectivity index (χ0v) is 20.6. The van der Waals surface area contributed by atoms with Gasteiger partial charge < -0.3 is 14.4 Å². The number of rotatable bonds is 7. The van der Waals surface area contributed by atoms with Crippen molar-refractivity contribution >= 4 is 35.3 Å². The molecule has 3 fully saturated rings. The number of ether oxygens (including phenoxy) is 2. The van der Waals surface area contributed by atoms with Crippen molar-refractivity contribution in [1.82, 2.24) is 20.2 Å². The number of fused-ring (bicyclic) bond motifs is 3. The Kier molecular flexibility index (Phi) is 6.50. The van der Waals surface area contributed by atoms with Crippen LogP contribution in [0.2, 0.25) is 5.02 Å². The smallest absolute Gasteiger partial charge is 0.337 e. The first-order chi connectivity index (χ1) is 16.5. The van der Waals surface area contributed by atoms with Gasteiger partial charge in [-0.05, 0) is 47.9 Å². The van der Waals surface area contributed by atoms with E-state index in [4.69, 9.17) is 21.1 Å². The van der Waals surface area contributed by atoms with Crippen LogP contribution >= 0.6 is 23.4 Å². The summed E-state index contributed by atoms with van der Waals surface area (Å²) in [7, 11) is 3.21. The molecule has 3 aliphatic rings. The van der Waals surface area contributed by atoms with Crippen LogP contribution in [0.25, 0.3) is 0 Å². The topological polar surface area (TPSA) is 74.4 Å². The van der Waals surface area contributed by atoms with Crippen molar-refractivity contribution in [2.75, 3.05) is 26.5 Å². The van der Waals surface area contributed by atoms with Gasteiger partial charge in [0.1, 0.15) is 5.25 Å². The van der Waals surface area contributed by atoms with Crippen LogP contribution < -0.4 is 14.9 Å². The number of urea groups is 1. The lowest BCUT2D eigenvalue weighted by atomic mass is 10.0. The number of hydrogen-bond donors (Lipinski definition) is 1.